The lowest BCUT2D eigenvalue weighted by atomic mass is 9.97. The van der Waals surface area contributed by atoms with E-state index in [2.05, 4.69) is 13.5 Å². The number of alkyl halides is 3. The predicted molar refractivity (Wildman–Crippen MR) is 163 cm³/mol. The molecule has 0 radical (unpaired) electrons. The van der Waals surface area contributed by atoms with Crippen molar-refractivity contribution in [1.82, 2.24) is 9.55 Å². The van der Waals surface area contributed by atoms with Gasteiger partial charge in [0.05, 0.1) is 17.3 Å². The molecule has 224 valence electrons. The van der Waals surface area contributed by atoms with Gasteiger partial charge in [-0.15, -0.1) is 6.58 Å². The van der Waals surface area contributed by atoms with Gasteiger partial charge in [-0.05, 0) is 75.9 Å². The Hall–Kier alpha value is -4.00. The van der Waals surface area contributed by atoms with E-state index in [9.17, 15) is 22.4 Å². The summed E-state index contributed by atoms with van der Waals surface area (Å²) in [6.45, 7) is 15.2. The number of aryl methyl sites for hydroxylation is 3. The van der Waals surface area contributed by atoms with Crippen molar-refractivity contribution < 1.29 is 17.6 Å². The predicted octanol–water partition coefficient (Wildman–Crippen LogP) is 9.44. The molecule has 4 rings (SSSR count). The van der Waals surface area contributed by atoms with E-state index in [1.54, 1.807) is 23.6 Å². The van der Waals surface area contributed by atoms with Gasteiger partial charge in [0.1, 0.15) is 11.6 Å². The summed E-state index contributed by atoms with van der Waals surface area (Å²) in [5, 5.41) is 0. The second kappa shape index (κ2) is 15.9. The van der Waals surface area contributed by atoms with Gasteiger partial charge in [0.2, 0.25) is 0 Å². The molecule has 0 saturated carbocycles. The van der Waals surface area contributed by atoms with E-state index in [-0.39, 0.29) is 17.4 Å². The van der Waals surface area contributed by atoms with Gasteiger partial charge in [-0.1, -0.05) is 86.0 Å². The summed E-state index contributed by atoms with van der Waals surface area (Å²) in [6, 6.07) is 20.9. The fourth-order valence-electron chi connectivity index (χ4n) is 4.34. The Kier molecular flexibility index (Phi) is 12.9. The first-order chi connectivity index (χ1) is 19.8. The molecule has 0 aliphatic rings. The van der Waals surface area contributed by atoms with Crippen molar-refractivity contribution in [2.24, 2.45) is 0 Å². The van der Waals surface area contributed by atoms with Crippen LogP contribution in [0.25, 0.3) is 0 Å². The van der Waals surface area contributed by atoms with Crippen LogP contribution in [0, 0.1) is 19.7 Å². The molecule has 0 spiro atoms. The summed E-state index contributed by atoms with van der Waals surface area (Å²) < 4.78 is 51.0. The van der Waals surface area contributed by atoms with E-state index in [1.807, 2.05) is 58.0 Å². The molecule has 1 aromatic heterocycles. The van der Waals surface area contributed by atoms with Crippen LogP contribution >= 0.6 is 0 Å². The molecule has 3 aromatic carbocycles. The number of rotatable bonds is 6. The second-order valence-corrected chi connectivity index (χ2v) is 10.3. The number of hydrogen-bond acceptors (Lipinski definition) is 2. The zero-order valence-corrected chi connectivity index (χ0v) is 25.2. The molecule has 7 heteroatoms. The molecule has 0 saturated heterocycles. The monoisotopic (exact) mass is 580 g/mol. The van der Waals surface area contributed by atoms with Crippen LogP contribution in [-0.4, -0.2) is 9.55 Å². The number of halogens is 4. The molecule has 0 amide bonds. The van der Waals surface area contributed by atoms with Gasteiger partial charge in [0.15, 0.2) is 0 Å². The highest BCUT2D eigenvalue weighted by atomic mass is 19.4. The van der Waals surface area contributed by atoms with Crippen molar-refractivity contribution in [3.63, 3.8) is 0 Å². The molecule has 1 heterocycles. The van der Waals surface area contributed by atoms with Gasteiger partial charge in [-0.3, -0.25) is 9.36 Å². The Morgan fingerprint density at radius 1 is 0.881 bits per heavy atom. The first kappa shape index (κ1) is 34.2. The van der Waals surface area contributed by atoms with Crippen molar-refractivity contribution >= 4 is 0 Å². The third-order valence-electron chi connectivity index (χ3n) is 6.24. The van der Waals surface area contributed by atoms with E-state index < -0.39 is 11.7 Å². The molecule has 4 aromatic rings. The number of benzene rings is 3. The van der Waals surface area contributed by atoms with Crippen molar-refractivity contribution in [3.05, 3.63) is 147 Å². The van der Waals surface area contributed by atoms with Crippen molar-refractivity contribution in [2.75, 3.05) is 0 Å². The summed E-state index contributed by atoms with van der Waals surface area (Å²) in [6.07, 6.45) is -1.88. The van der Waals surface area contributed by atoms with Crippen LogP contribution in [0.4, 0.5) is 17.6 Å². The molecular weight excluding hydrogens is 540 g/mol. The maximum Gasteiger partial charge on any atom is 0.416 e. The Morgan fingerprint density at radius 2 is 1.40 bits per heavy atom. The van der Waals surface area contributed by atoms with Crippen LogP contribution in [-0.2, 0) is 19.0 Å². The maximum atomic E-state index is 13.5. The summed E-state index contributed by atoms with van der Waals surface area (Å²) in [7, 11) is 0. The summed E-state index contributed by atoms with van der Waals surface area (Å²) in [4.78, 5) is 18.2. The number of hydrogen-bond donors (Lipinski definition) is 0. The molecule has 0 N–H and O–H groups in total. The quantitative estimate of drug-likeness (QED) is 0.168. The lowest BCUT2D eigenvalue weighted by molar-refractivity contribution is -0.137. The minimum Gasteiger partial charge on any atom is -0.285 e. The minimum atomic E-state index is -4.21. The number of allylic oxidation sites excluding steroid dienone is 1. The van der Waals surface area contributed by atoms with Gasteiger partial charge in [-0.2, -0.15) is 13.2 Å². The average molecular weight is 581 g/mol. The number of nitrogens with zero attached hydrogens (tertiary/aromatic N) is 2. The van der Waals surface area contributed by atoms with E-state index >= 15 is 0 Å². The van der Waals surface area contributed by atoms with E-state index in [0.29, 0.717) is 12.2 Å². The lowest BCUT2D eigenvalue weighted by Crippen LogP contribution is -2.33. The van der Waals surface area contributed by atoms with Crippen molar-refractivity contribution in [3.8, 4) is 0 Å². The van der Waals surface area contributed by atoms with Gasteiger partial charge < -0.3 is 0 Å². The van der Waals surface area contributed by atoms with Gasteiger partial charge in [0.25, 0.3) is 5.56 Å². The van der Waals surface area contributed by atoms with Crippen LogP contribution < -0.4 is 5.56 Å². The molecule has 42 heavy (non-hydrogen) atoms. The van der Waals surface area contributed by atoms with E-state index in [4.69, 9.17) is 4.98 Å². The molecule has 0 bridgehead atoms. The maximum absolute atomic E-state index is 13.5. The Balaban J connectivity index is 0.000000339. The normalized spacial score (nSPS) is 11.5. The van der Waals surface area contributed by atoms with Crippen molar-refractivity contribution in [1.29, 1.82) is 0 Å². The van der Waals surface area contributed by atoms with Crippen LogP contribution in [0.5, 0.6) is 0 Å². The van der Waals surface area contributed by atoms with Gasteiger partial charge in [0, 0.05) is 5.56 Å². The summed E-state index contributed by atoms with van der Waals surface area (Å²) in [5.74, 6) is 0.385. The highest BCUT2D eigenvalue weighted by Gasteiger charge is 2.29. The fraction of sp³-hybridized carbons (Fsp3) is 0.314. The third kappa shape index (κ3) is 9.82. The molecule has 1 unspecified atom stereocenters. The zero-order chi connectivity index (χ0) is 31.4. The van der Waals surface area contributed by atoms with Gasteiger partial charge in [-0.25, -0.2) is 9.37 Å². The first-order valence-corrected chi connectivity index (χ1v) is 14.0. The van der Waals surface area contributed by atoms with Crippen molar-refractivity contribution in [2.45, 2.75) is 73.0 Å². The third-order valence-corrected chi connectivity index (χ3v) is 6.24. The van der Waals surface area contributed by atoms with E-state index in [0.717, 1.165) is 52.9 Å². The van der Waals surface area contributed by atoms with Gasteiger partial charge >= 0.3 is 6.18 Å². The highest BCUT2D eigenvalue weighted by molar-refractivity contribution is 5.35. The molecular formula is C35H40F4N2O. The molecule has 1 atom stereocenters. The zero-order valence-electron chi connectivity index (χ0n) is 25.2. The minimum absolute atomic E-state index is 0.000576. The van der Waals surface area contributed by atoms with Crippen LogP contribution in [0.2, 0.25) is 0 Å². The molecule has 0 aliphatic carbocycles. The number of aromatic nitrogens is 2. The Morgan fingerprint density at radius 3 is 1.88 bits per heavy atom. The largest absolute Gasteiger partial charge is 0.416 e. The molecule has 3 nitrogen and oxygen atoms in total. The van der Waals surface area contributed by atoms with Crippen LogP contribution in [0.15, 0.2) is 95.8 Å². The SMILES string of the molecule is C=C(C)C.CCCc1c(CC)nc(C)n(C(c2ccccc2)c2ccc(F)cc2)c1=O.Cc1ccc(C(F)(F)F)cc1. The topological polar surface area (TPSA) is 34.9 Å². The Bertz CT molecular complexity index is 1470. The van der Waals surface area contributed by atoms with Crippen LogP contribution in [0.3, 0.4) is 0 Å². The lowest BCUT2D eigenvalue weighted by Gasteiger charge is -2.24. The molecule has 0 fully saturated rings. The van der Waals surface area contributed by atoms with E-state index in [1.165, 1.54) is 29.8 Å². The smallest absolute Gasteiger partial charge is 0.285 e. The van der Waals surface area contributed by atoms with Crippen LogP contribution in [0.1, 0.15) is 79.5 Å². The highest BCUT2D eigenvalue weighted by Crippen LogP contribution is 2.29. The molecule has 0 aliphatic heterocycles. The Labute approximate surface area is 246 Å². The summed E-state index contributed by atoms with van der Waals surface area (Å²) in [5.41, 5.74) is 4.90. The first-order valence-electron chi connectivity index (χ1n) is 14.0. The summed E-state index contributed by atoms with van der Waals surface area (Å²) >= 11 is 0. The fourth-order valence-corrected chi connectivity index (χ4v) is 4.34. The second-order valence-electron chi connectivity index (χ2n) is 10.3. The average Bonchev–Trinajstić information content (AvgIpc) is 2.93. The standard InChI is InChI=1S/C23H25FN2O.C8H7F3.C4H8/c1-4-9-20-21(5-2)25-16(3)26(23(20)27)22(17-10-7-6-8-11-17)18-12-14-19(24)15-13-18;1-6-2-4-7(5-3-6)8(9,10)11;1-4(2)3/h6-8,10-15,22H,4-5,9H2,1-3H3;2-5H,1H3;1H2,2-3H3.